The Morgan fingerprint density at radius 3 is 3.23 bits per heavy atom. The molecule has 7 heteroatoms. The molecule has 0 radical (unpaired) electrons. The molecule has 0 aromatic carbocycles. The van der Waals surface area contributed by atoms with Gasteiger partial charge in [-0.05, 0) is 25.1 Å². The standard InChI is InChI=1S/C19H19N3O4/c1-2-25-19(24)13-5-7-26-17(13)15-9-16(23)14(22-15)8-11-10-21-18-12(11)4-3-6-20-18/h3-4,6,8,10,15,22H,2,5,7,9H2,1H3,(H,20,21). The van der Waals surface area contributed by atoms with E-state index in [2.05, 4.69) is 15.3 Å². The molecular weight excluding hydrogens is 334 g/mol. The van der Waals surface area contributed by atoms with E-state index in [0.29, 0.717) is 36.7 Å². The Kier molecular flexibility index (Phi) is 4.20. The summed E-state index contributed by atoms with van der Waals surface area (Å²) in [4.78, 5) is 31.9. The van der Waals surface area contributed by atoms with Gasteiger partial charge >= 0.3 is 5.97 Å². The third-order valence-electron chi connectivity index (χ3n) is 4.55. The molecule has 2 aromatic heterocycles. The van der Waals surface area contributed by atoms with E-state index in [1.54, 1.807) is 13.1 Å². The molecule has 2 N–H and O–H groups in total. The van der Waals surface area contributed by atoms with Crippen LogP contribution in [0, 0.1) is 0 Å². The largest absolute Gasteiger partial charge is 0.495 e. The number of Topliss-reactive ketones (excluding diaryl/α,β-unsaturated/α-hetero) is 1. The second-order valence-electron chi connectivity index (χ2n) is 6.19. The Hall–Kier alpha value is -3.09. The van der Waals surface area contributed by atoms with Gasteiger partial charge in [0, 0.05) is 36.2 Å². The number of allylic oxidation sites excluding steroid dienone is 1. The van der Waals surface area contributed by atoms with E-state index in [-0.39, 0.29) is 24.2 Å². The SMILES string of the molecule is CCOC(=O)C1=C(C2CC(=O)C(=Cc3c[nH]c4ncccc34)N2)OCC1. The summed E-state index contributed by atoms with van der Waals surface area (Å²) in [5.74, 6) is 0.148. The summed E-state index contributed by atoms with van der Waals surface area (Å²) in [6.45, 7) is 2.51. The molecule has 2 aromatic rings. The second kappa shape index (κ2) is 6.67. The third kappa shape index (κ3) is 2.85. The van der Waals surface area contributed by atoms with Crippen molar-refractivity contribution in [2.24, 2.45) is 0 Å². The van der Waals surface area contributed by atoms with Crippen LogP contribution in [0.25, 0.3) is 17.1 Å². The van der Waals surface area contributed by atoms with Crippen LogP contribution >= 0.6 is 0 Å². The van der Waals surface area contributed by atoms with Gasteiger partial charge in [0.2, 0.25) is 0 Å². The Morgan fingerprint density at radius 2 is 2.38 bits per heavy atom. The van der Waals surface area contributed by atoms with Crippen molar-refractivity contribution in [1.82, 2.24) is 15.3 Å². The van der Waals surface area contributed by atoms with E-state index in [1.165, 1.54) is 0 Å². The predicted molar refractivity (Wildman–Crippen MR) is 94.8 cm³/mol. The molecule has 0 saturated carbocycles. The van der Waals surface area contributed by atoms with Gasteiger partial charge in [0.05, 0.1) is 30.5 Å². The molecular formula is C19H19N3O4. The summed E-state index contributed by atoms with van der Waals surface area (Å²) in [6.07, 6.45) is 6.11. The van der Waals surface area contributed by atoms with Gasteiger partial charge in [-0.15, -0.1) is 0 Å². The number of fused-ring (bicyclic) bond motifs is 1. The lowest BCUT2D eigenvalue weighted by atomic mass is 10.1. The first kappa shape index (κ1) is 16.4. The third-order valence-corrected chi connectivity index (χ3v) is 4.55. The van der Waals surface area contributed by atoms with Crippen LogP contribution in [0.2, 0.25) is 0 Å². The molecule has 2 aliphatic rings. The Bertz CT molecular complexity index is 941. The van der Waals surface area contributed by atoms with Gasteiger partial charge in [0.25, 0.3) is 0 Å². The van der Waals surface area contributed by atoms with Gasteiger partial charge in [-0.2, -0.15) is 0 Å². The molecule has 1 fully saturated rings. The number of hydrogen-bond acceptors (Lipinski definition) is 6. The summed E-state index contributed by atoms with van der Waals surface area (Å²) >= 11 is 0. The van der Waals surface area contributed by atoms with Crippen molar-refractivity contribution in [2.75, 3.05) is 13.2 Å². The number of H-pyrrole nitrogens is 1. The summed E-state index contributed by atoms with van der Waals surface area (Å²) in [6, 6.07) is 3.47. The van der Waals surface area contributed by atoms with Gasteiger partial charge in [-0.3, -0.25) is 4.79 Å². The average Bonchev–Trinajstić information content (AvgIpc) is 3.35. The van der Waals surface area contributed by atoms with Gasteiger partial charge in [-0.1, -0.05) is 0 Å². The highest BCUT2D eigenvalue weighted by Crippen LogP contribution is 2.30. The van der Waals surface area contributed by atoms with E-state index in [9.17, 15) is 9.59 Å². The van der Waals surface area contributed by atoms with Crippen molar-refractivity contribution < 1.29 is 19.1 Å². The minimum atomic E-state index is -0.366. The molecule has 4 heterocycles. The van der Waals surface area contributed by atoms with Gasteiger partial charge in [0.1, 0.15) is 11.4 Å². The Balaban J connectivity index is 1.61. The molecule has 134 valence electrons. The van der Waals surface area contributed by atoms with E-state index in [0.717, 1.165) is 16.6 Å². The van der Waals surface area contributed by atoms with Crippen molar-refractivity contribution in [3.8, 4) is 0 Å². The van der Waals surface area contributed by atoms with E-state index in [1.807, 2.05) is 24.4 Å². The molecule has 7 nitrogen and oxygen atoms in total. The fourth-order valence-corrected chi connectivity index (χ4v) is 3.35. The highest BCUT2D eigenvalue weighted by atomic mass is 16.5. The molecule has 0 bridgehead atoms. The monoisotopic (exact) mass is 353 g/mol. The highest BCUT2D eigenvalue weighted by molar-refractivity contribution is 6.04. The number of nitrogens with one attached hydrogen (secondary N) is 2. The van der Waals surface area contributed by atoms with Crippen LogP contribution in [0.15, 0.2) is 41.6 Å². The van der Waals surface area contributed by atoms with Gasteiger partial charge in [0.15, 0.2) is 5.78 Å². The maximum absolute atomic E-state index is 12.5. The number of hydrogen-bond donors (Lipinski definition) is 2. The van der Waals surface area contributed by atoms with Crippen molar-refractivity contribution in [2.45, 2.75) is 25.8 Å². The van der Waals surface area contributed by atoms with Crippen LogP contribution < -0.4 is 5.32 Å². The minimum Gasteiger partial charge on any atom is -0.495 e. The lowest BCUT2D eigenvalue weighted by Gasteiger charge is -2.13. The smallest absolute Gasteiger partial charge is 0.337 e. The summed E-state index contributed by atoms with van der Waals surface area (Å²) in [5.41, 5.74) is 2.69. The molecule has 0 amide bonds. The maximum Gasteiger partial charge on any atom is 0.337 e. The number of pyridine rings is 1. The predicted octanol–water partition coefficient (Wildman–Crippen LogP) is 2.07. The van der Waals surface area contributed by atoms with Gasteiger partial charge < -0.3 is 19.8 Å². The first-order valence-electron chi connectivity index (χ1n) is 8.64. The number of ketones is 1. The molecule has 1 atom stereocenters. The number of esters is 1. The summed E-state index contributed by atoms with van der Waals surface area (Å²) in [7, 11) is 0. The molecule has 26 heavy (non-hydrogen) atoms. The normalized spacial score (nSPS) is 21.3. The number of carbonyl (C=O) groups is 2. The van der Waals surface area contributed by atoms with Crippen LogP contribution in [-0.4, -0.2) is 41.0 Å². The van der Waals surface area contributed by atoms with Crippen LogP contribution in [0.4, 0.5) is 0 Å². The van der Waals surface area contributed by atoms with Crippen molar-refractivity contribution in [3.63, 3.8) is 0 Å². The summed E-state index contributed by atoms with van der Waals surface area (Å²) in [5, 5.41) is 4.15. The average molecular weight is 353 g/mol. The molecule has 4 rings (SSSR count). The van der Waals surface area contributed by atoms with E-state index < -0.39 is 0 Å². The second-order valence-corrected chi connectivity index (χ2v) is 6.19. The van der Waals surface area contributed by atoms with Crippen molar-refractivity contribution in [1.29, 1.82) is 0 Å². The number of nitrogens with zero attached hydrogens (tertiary/aromatic N) is 1. The molecule has 2 aliphatic heterocycles. The number of aromatic amines is 1. The first-order chi connectivity index (χ1) is 12.7. The van der Waals surface area contributed by atoms with Crippen LogP contribution in [0.5, 0.6) is 0 Å². The van der Waals surface area contributed by atoms with Gasteiger partial charge in [-0.25, -0.2) is 9.78 Å². The zero-order valence-corrected chi connectivity index (χ0v) is 14.4. The van der Waals surface area contributed by atoms with Crippen LogP contribution in [-0.2, 0) is 19.1 Å². The Labute approximate surface area is 150 Å². The van der Waals surface area contributed by atoms with Crippen LogP contribution in [0.3, 0.4) is 0 Å². The molecule has 1 unspecified atom stereocenters. The molecule has 1 saturated heterocycles. The fraction of sp³-hybridized carbons (Fsp3) is 0.316. The minimum absolute atomic E-state index is 0.0144. The number of ether oxygens (including phenoxy) is 2. The topological polar surface area (TPSA) is 93.3 Å². The lowest BCUT2D eigenvalue weighted by molar-refractivity contribution is -0.138. The summed E-state index contributed by atoms with van der Waals surface area (Å²) < 4.78 is 10.7. The Morgan fingerprint density at radius 1 is 1.50 bits per heavy atom. The van der Waals surface area contributed by atoms with Crippen LogP contribution in [0.1, 0.15) is 25.3 Å². The van der Waals surface area contributed by atoms with E-state index in [4.69, 9.17) is 9.47 Å². The first-order valence-corrected chi connectivity index (χ1v) is 8.64. The molecule has 0 aliphatic carbocycles. The molecule has 0 spiro atoms. The quantitative estimate of drug-likeness (QED) is 0.646. The number of aromatic nitrogens is 2. The zero-order valence-electron chi connectivity index (χ0n) is 14.4. The van der Waals surface area contributed by atoms with Crippen molar-refractivity contribution >= 4 is 28.9 Å². The lowest BCUT2D eigenvalue weighted by Crippen LogP contribution is -2.25. The highest BCUT2D eigenvalue weighted by Gasteiger charge is 2.36. The number of rotatable bonds is 4. The fourth-order valence-electron chi connectivity index (χ4n) is 3.35. The number of carbonyl (C=O) groups excluding carboxylic acids is 2. The van der Waals surface area contributed by atoms with E-state index >= 15 is 0 Å². The maximum atomic E-state index is 12.5. The van der Waals surface area contributed by atoms with Crippen molar-refractivity contribution in [3.05, 3.63) is 47.1 Å². The zero-order chi connectivity index (χ0) is 18.1.